The van der Waals surface area contributed by atoms with Crippen LogP contribution in [-0.2, 0) is 9.53 Å². The van der Waals surface area contributed by atoms with Crippen LogP contribution in [0.2, 0.25) is 0 Å². The van der Waals surface area contributed by atoms with Crippen molar-refractivity contribution in [1.82, 2.24) is 0 Å². The highest BCUT2D eigenvalue weighted by atomic mass is 32.2. The third-order valence-electron chi connectivity index (χ3n) is 3.00. The Balaban J connectivity index is 2.07. The van der Waals surface area contributed by atoms with Crippen LogP contribution in [0.5, 0.6) is 0 Å². The topological polar surface area (TPSA) is 26.3 Å². The maximum absolute atomic E-state index is 11.2. The van der Waals surface area contributed by atoms with E-state index in [0.29, 0.717) is 11.8 Å². The van der Waals surface area contributed by atoms with Crippen LogP contribution in [0.1, 0.15) is 45.4 Å². The smallest absolute Gasteiger partial charge is 0.306 e. The van der Waals surface area contributed by atoms with Gasteiger partial charge < -0.3 is 4.74 Å². The summed E-state index contributed by atoms with van der Waals surface area (Å²) in [6.07, 6.45) is 6.98. The summed E-state index contributed by atoms with van der Waals surface area (Å²) >= 11 is 2.01. The van der Waals surface area contributed by atoms with Crippen LogP contribution in [0.4, 0.5) is 0 Å². The first-order valence-electron chi connectivity index (χ1n) is 5.87. The number of hydrogen-bond acceptors (Lipinski definition) is 3. The number of esters is 1. The van der Waals surface area contributed by atoms with Gasteiger partial charge in [0.1, 0.15) is 0 Å². The van der Waals surface area contributed by atoms with Gasteiger partial charge in [-0.2, -0.15) is 11.8 Å². The molecule has 3 heteroatoms. The molecule has 0 saturated heterocycles. The van der Waals surface area contributed by atoms with Crippen molar-refractivity contribution in [2.45, 2.75) is 45.4 Å². The van der Waals surface area contributed by atoms with Crippen molar-refractivity contribution in [1.29, 1.82) is 0 Å². The minimum absolute atomic E-state index is 0.0401. The number of carbonyl (C=O) groups is 1. The van der Waals surface area contributed by atoms with Gasteiger partial charge in [0.05, 0.1) is 13.5 Å². The molecule has 88 valence electrons. The molecule has 0 N–H and O–H groups in total. The van der Waals surface area contributed by atoms with Crippen molar-refractivity contribution in [3.63, 3.8) is 0 Å². The summed E-state index contributed by atoms with van der Waals surface area (Å²) in [6, 6.07) is 0. The van der Waals surface area contributed by atoms with Crippen LogP contribution in [0.3, 0.4) is 0 Å². The lowest BCUT2D eigenvalue weighted by Gasteiger charge is -2.12. The van der Waals surface area contributed by atoms with Crippen molar-refractivity contribution in [3.05, 3.63) is 0 Å². The average molecular weight is 230 g/mol. The molecule has 0 heterocycles. The molecule has 1 aliphatic carbocycles. The van der Waals surface area contributed by atoms with Crippen molar-refractivity contribution in [3.8, 4) is 0 Å². The summed E-state index contributed by atoms with van der Waals surface area (Å²) in [6.45, 7) is 2.23. The van der Waals surface area contributed by atoms with Crippen molar-refractivity contribution in [2.75, 3.05) is 18.6 Å². The molecule has 0 aliphatic heterocycles. The summed E-state index contributed by atoms with van der Waals surface area (Å²) in [7, 11) is 1.48. The van der Waals surface area contributed by atoms with Gasteiger partial charge in [0.2, 0.25) is 0 Å². The number of unbranched alkanes of at least 4 members (excludes halogenated alkanes) is 2. The SMILES string of the molecule is CCCCCSCC1(CC(=O)OC)CC1. The zero-order valence-corrected chi connectivity index (χ0v) is 10.7. The zero-order chi connectivity index (χ0) is 11.1. The van der Waals surface area contributed by atoms with Gasteiger partial charge in [0.15, 0.2) is 0 Å². The lowest BCUT2D eigenvalue weighted by molar-refractivity contribution is -0.141. The van der Waals surface area contributed by atoms with Gasteiger partial charge in [-0.3, -0.25) is 4.79 Å². The predicted molar refractivity (Wildman–Crippen MR) is 65.2 cm³/mol. The van der Waals surface area contributed by atoms with Crippen LogP contribution >= 0.6 is 11.8 Å². The van der Waals surface area contributed by atoms with E-state index in [0.717, 1.165) is 5.75 Å². The van der Waals surface area contributed by atoms with Crippen molar-refractivity contribution in [2.24, 2.45) is 5.41 Å². The molecule has 0 aromatic heterocycles. The van der Waals surface area contributed by atoms with Crippen LogP contribution in [-0.4, -0.2) is 24.6 Å². The summed E-state index contributed by atoms with van der Waals surface area (Å²) < 4.78 is 4.72. The first kappa shape index (κ1) is 12.9. The quantitative estimate of drug-likeness (QED) is 0.473. The molecule has 1 rings (SSSR count). The van der Waals surface area contributed by atoms with Gasteiger partial charge in [-0.05, 0) is 36.2 Å². The van der Waals surface area contributed by atoms with E-state index in [1.165, 1.54) is 45.0 Å². The number of hydrogen-bond donors (Lipinski definition) is 0. The van der Waals surface area contributed by atoms with E-state index >= 15 is 0 Å². The number of rotatable bonds is 8. The number of carbonyl (C=O) groups excluding carboxylic acids is 1. The van der Waals surface area contributed by atoms with Gasteiger partial charge in [0, 0.05) is 0 Å². The fourth-order valence-electron chi connectivity index (χ4n) is 1.67. The van der Waals surface area contributed by atoms with E-state index in [1.807, 2.05) is 11.8 Å². The fourth-order valence-corrected chi connectivity index (χ4v) is 3.05. The Morgan fingerprint density at radius 3 is 2.67 bits per heavy atom. The van der Waals surface area contributed by atoms with E-state index in [4.69, 9.17) is 4.74 Å². The Kier molecular flexibility index (Phi) is 5.51. The maximum atomic E-state index is 11.2. The summed E-state index contributed by atoms with van der Waals surface area (Å²) in [5.41, 5.74) is 0.309. The lowest BCUT2D eigenvalue weighted by Crippen LogP contribution is -2.13. The van der Waals surface area contributed by atoms with E-state index in [9.17, 15) is 4.79 Å². The molecule has 1 aliphatic rings. The predicted octanol–water partition coefficient (Wildman–Crippen LogP) is 3.25. The van der Waals surface area contributed by atoms with Crippen LogP contribution < -0.4 is 0 Å². The van der Waals surface area contributed by atoms with Crippen molar-refractivity contribution >= 4 is 17.7 Å². The molecule has 0 spiro atoms. The van der Waals surface area contributed by atoms with Gasteiger partial charge in [-0.15, -0.1) is 0 Å². The normalized spacial score (nSPS) is 17.5. The standard InChI is InChI=1S/C12H22O2S/c1-3-4-5-8-15-10-12(6-7-12)9-11(13)14-2/h3-10H2,1-2H3. The molecular formula is C12H22O2S. The van der Waals surface area contributed by atoms with Gasteiger partial charge in [-0.25, -0.2) is 0 Å². The van der Waals surface area contributed by atoms with Gasteiger partial charge in [-0.1, -0.05) is 19.8 Å². The van der Waals surface area contributed by atoms with E-state index < -0.39 is 0 Å². The maximum Gasteiger partial charge on any atom is 0.306 e. The van der Waals surface area contributed by atoms with Crippen LogP contribution in [0.25, 0.3) is 0 Å². The minimum Gasteiger partial charge on any atom is -0.469 e. The molecule has 0 radical (unpaired) electrons. The minimum atomic E-state index is -0.0401. The molecule has 0 atom stereocenters. The van der Waals surface area contributed by atoms with Crippen molar-refractivity contribution < 1.29 is 9.53 Å². The molecular weight excluding hydrogens is 208 g/mol. The molecule has 1 saturated carbocycles. The van der Waals surface area contributed by atoms with Gasteiger partial charge in [0.25, 0.3) is 0 Å². The highest BCUT2D eigenvalue weighted by molar-refractivity contribution is 7.99. The first-order chi connectivity index (χ1) is 7.22. The average Bonchev–Trinajstić information content (AvgIpc) is 2.98. The monoisotopic (exact) mass is 230 g/mol. The number of ether oxygens (including phenoxy) is 1. The highest BCUT2D eigenvalue weighted by Gasteiger charge is 2.44. The molecule has 0 amide bonds. The molecule has 0 unspecified atom stereocenters. The molecule has 2 nitrogen and oxygen atoms in total. The molecule has 0 bridgehead atoms. The number of methoxy groups -OCH3 is 1. The fraction of sp³-hybridized carbons (Fsp3) is 0.917. The Bertz CT molecular complexity index is 200. The summed E-state index contributed by atoms with van der Waals surface area (Å²) in [5.74, 6) is 2.35. The second-order valence-corrected chi connectivity index (χ2v) is 5.62. The molecule has 0 aromatic carbocycles. The van der Waals surface area contributed by atoms with Crippen LogP contribution in [0.15, 0.2) is 0 Å². The number of thioether (sulfide) groups is 1. The third kappa shape index (κ3) is 4.92. The zero-order valence-electron chi connectivity index (χ0n) is 9.88. The Labute approximate surface area is 97.1 Å². The highest BCUT2D eigenvalue weighted by Crippen LogP contribution is 2.51. The first-order valence-corrected chi connectivity index (χ1v) is 7.02. The summed E-state index contributed by atoms with van der Waals surface area (Å²) in [5, 5.41) is 0. The van der Waals surface area contributed by atoms with E-state index in [2.05, 4.69) is 6.92 Å². The van der Waals surface area contributed by atoms with Crippen LogP contribution in [0, 0.1) is 5.41 Å². The second kappa shape index (κ2) is 6.41. The van der Waals surface area contributed by atoms with E-state index in [1.54, 1.807) is 0 Å². The van der Waals surface area contributed by atoms with E-state index in [-0.39, 0.29) is 5.97 Å². The van der Waals surface area contributed by atoms with Gasteiger partial charge >= 0.3 is 5.97 Å². The lowest BCUT2D eigenvalue weighted by atomic mass is 10.1. The summed E-state index contributed by atoms with van der Waals surface area (Å²) in [4.78, 5) is 11.2. The third-order valence-corrected chi connectivity index (χ3v) is 4.40. The molecule has 15 heavy (non-hydrogen) atoms. The largest absolute Gasteiger partial charge is 0.469 e. The molecule has 0 aromatic rings. The Hall–Kier alpha value is -0.180. The Morgan fingerprint density at radius 1 is 1.40 bits per heavy atom. The molecule has 1 fully saturated rings. The Morgan fingerprint density at radius 2 is 2.13 bits per heavy atom. The second-order valence-electron chi connectivity index (χ2n) is 4.51.